The van der Waals surface area contributed by atoms with E-state index < -0.39 is 0 Å². The van der Waals surface area contributed by atoms with Crippen molar-refractivity contribution in [3.05, 3.63) is 30.1 Å². The van der Waals surface area contributed by atoms with Crippen LogP contribution in [0.2, 0.25) is 0 Å². The molecule has 0 amide bonds. The molecule has 1 aromatic heterocycles. The van der Waals surface area contributed by atoms with Crippen molar-refractivity contribution in [2.24, 2.45) is 0 Å². The molecule has 2 nitrogen and oxygen atoms in total. The number of ketones is 1. The van der Waals surface area contributed by atoms with Gasteiger partial charge in [-0.3, -0.25) is 9.78 Å². The zero-order chi connectivity index (χ0) is 10.7. The minimum absolute atomic E-state index is 0.155. The van der Waals surface area contributed by atoms with E-state index >= 15 is 0 Å². The average Bonchev–Trinajstić information content (AvgIpc) is 2.68. The minimum Gasteiger partial charge on any atom is -0.298 e. The third-order valence-corrected chi connectivity index (χ3v) is 4.44. The molecule has 0 saturated carbocycles. The van der Waals surface area contributed by atoms with Gasteiger partial charge in [-0.2, -0.15) is 0 Å². The first-order valence-corrected chi connectivity index (χ1v) is 6.26. The maximum Gasteiger partial charge on any atom is 0.154 e. The Bertz CT molecular complexity index is 344. The standard InChI is InChI=1S/C12H15NOS/c1-12(6-4-8-15-12)11(14)9-10-5-2-3-7-13-10/h2-3,5,7H,4,6,8-9H2,1H3. The number of nitrogens with zero attached hydrogens (tertiary/aromatic N) is 1. The van der Waals surface area contributed by atoms with Gasteiger partial charge in [-0.1, -0.05) is 6.07 Å². The molecule has 15 heavy (non-hydrogen) atoms. The topological polar surface area (TPSA) is 30.0 Å². The van der Waals surface area contributed by atoms with Gasteiger partial charge >= 0.3 is 0 Å². The Labute approximate surface area is 94.5 Å². The number of Topliss-reactive ketones (excluding diaryl/α,β-unsaturated/α-hetero) is 1. The molecular weight excluding hydrogens is 206 g/mol. The quantitative estimate of drug-likeness (QED) is 0.785. The van der Waals surface area contributed by atoms with E-state index in [2.05, 4.69) is 11.9 Å². The summed E-state index contributed by atoms with van der Waals surface area (Å²) in [5.74, 6) is 1.44. The highest BCUT2D eigenvalue weighted by atomic mass is 32.2. The van der Waals surface area contributed by atoms with Crippen LogP contribution in [0.5, 0.6) is 0 Å². The molecule has 0 radical (unpaired) electrons. The molecule has 1 saturated heterocycles. The number of hydrogen-bond acceptors (Lipinski definition) is 3. The Morgan fingerprint density at radius 3 is 3.07 bits per heavy atom. The summed E-state index contributed by atoms with van der Waals surface area (Å²) >= 11 is 1.79. The highest BCUT2D eigenvalue weighted by Gasteiger charge is 2.36. The summed E-state index contributed by atoms with van der Waals surface area (Å²) in [7, 11) is 0. The van der Waals surface area contributed by atoms with Gasteiger partial charge in [-0.05, 0) is 37.7 Å². The van der Waals surface area contributed by atoms with Crippen molar-refractivity contribution in [1.29, 1.82) is 0 Å². The maximum absolute atomic E-state index is 12.1. The highest BCUT2D eigenvalue weighted by Crippen LogP contribution is 2.38. The molecule has 80 valence electrons. The van der Waals surface area contributed by atoms with Gasteiger partial charge in [0.25, 0.3) is 0 Å². The van der Waals surface area contributed by atoms with Crippen LogP contribution in [-0.2, 0) is 11.2 Å². The highest BCUT2D eigenvalue weighted by molar-refractivity contribution is 8.01. The van der Waals surface area contributed by atoms with Crippen LogP contribution in [0.3, 0.4) is 0 Å². The Balaban J connectivity index is 2.04. The lowest BCUT2D eigenvalue weighted by atomic mass is 9.97. The van der Waals surface area contributed by atoms with Crippen molar-refractivity contribution in [3.63, 3.8) is 0 Å². The van der Waals surface area contributed by atoms with Crippen molar-refractivity contribution >= 4 is 17.5 Å². The molecule has 2 rings (SSSR count). The van der Waals surface area contributed by atoms with E-state index in [-0.39, 0.29) is 4.75 Å². The summed E-state index contributed by atoms with van der Waals surface area (Å²) < 4.78 is -0.155. The molecule has 1 aliphatic rings. The summed E-state index contributed by atoms with van der Waals surface area (Å²) in [5.41, 5.74) is 0.885. The molecule has 1 aromatic rings. The average molecular weight is 221 g/mol. The van der Waals surface area contributed by atoms with Gasteiger partial charge < -0.3 is 0 Å². The van der Waals surface area contributed by atoms with Crippen LogP contribution >= 0.6 is 11.8 Å². The van der Waals surface area contributed by atoms with E-state index in [0.717, 1.165) is 24.3 Å². The van der Waals surface area contributed by atoms with Crippen LogP contribution in [0, 0.1) is 0 Å². The Hall–Kier alpha value is -0.830. The molecule has 1 atom stereocenters. The van der Waals surface area contributed by atoms with E-state index in [1.165, 1.54) is 0 Å². The first-order chi connectivity index (χ1) is 7.21. The number of carbonyl (C=O) groups excluding carboxylic acids is 1. The lowest BCUT2D eigenvalue weighted by Crippen LogP contribution is -2.30. The van der Waals surface area contributed by atoms with E-state index in [4.69, 9.17) is 0 Å². The summed E-state index contributed by atoms with van der Waals surface area (Å²) in [6.45, 7) is 2.07. The van der Waals surface area contributed by atoms with E-state index in [0.29, 0.717) is 12.2 Å². The van der Waals surface area contributed by atoms with Crippen LogP contribution in [0.1, 0.15) is 25.5 Å². The van der Waals surface area contributed by atoms with Gasteiger partial charge in [-0.15, -0.1) is 11.8 Å². The predicted molar refractivity (Wildman–Crippen MR) is 63.0 cm³/mol. The second kappa shape index (κ2) is 4.35. The maximum atomic E-state index is 12.1. The fourth-order valence-corrected chi connectivity index (χ4v) is 3.11. The number of hydrogen-bond donors (Lipinski definition) is 0. The largest absolute Gasteiger partial charge is 0.298 e. The van der Waals surface area contributed by atoms with Crippen molar-refractivity contribution in [3.8, 4) is 0 Å². The number of rotatable bonds is 3. The molecule has 3 heteroatoms. The fourth-order valence-electron chi connectivity index (χ4n) is 1.85. The molecule has 0 bridgehead atoms. The predicted octanol–water partition coefficient (Wildman–Crippen LogP) is 2.48. The van der Waals surface area contributed by atoms with Crippen molar-refractivity contribution in [1.82, 2.24) is 4.98 Å². The van der Waals surface area contributed by atoms with Crippen LogP contribution in [0.4, 0.5) is 0 Å². The molecule has 0 N–H and O–H groups in total. The van der Waals surface area contributed by atoms with Crippen LogP contribution in [0.25, 0.3) is 0 Å². The smallest absolute Gasteiger partial charge is 0.154 e. The number of pyridine rings is 1. The van der Waals surface area contributed by atoms with Gasteiger partial charge in [0.1, 0.15) is 0 Å². The molecule has 1 unspecified atom stereocenters. The Morgan fingerprint density at radius 2 is 2.47 bits per heavy atom. The molecule has 1 aliphatic heterocycles. The van der Waals surface area contributed by atoms with Gasteiger partial charge in [0.15, 0.2) is 5.78 Å². The number of carbonyl (C=O) groups is 1. The van der Waals surface area contributed by atoms with Crippen molar-refractivity contribution in [2.45, 2.75) is 30.9 Å². The van der Waals surface area contributed by atoms with E-state index in [9.17, 15) is 4.79 Å². The van der Waals surface area contributed by atoms with Gasteiger partial charge in [-0.25, -0.2) is 0 Å². The normalized spacial score (nSPS) is 25.4. The van der Waals surface area contributed by atoms with Crippen LogP contribution < -0.4 is 0 Å². The zero-order valence-corrected chi connectivity index (χ0v) is 9.72. The molecule has 0 aromatic carbocycles. The summed E-state index contributed by atoms with van der Waals surface area (Å²) in [5, 5.41) is 0. The zero-order valence-electron chi connectivity index (χ0n) is 8.90. The van der Waals surface area contributed by atoms with Crippen LogP contribution in [-0.4, -0.2) is 21.3 Å². The van der Waals surface area contributed by atoms with Crippen molar-refractivity contribution < 1.29 is 4.79 Å². The second-order valence-corrected chi connectivity index (χ2v) is 5.70. The first kappa shape index (κ1) is 10.7. The third-order valence-electron chi connectivity index (χ3n) is 2.88. The summed E-state index contributed by atoms with van der Waals surface area (Å²) in [4.78, 5) is 16.3. The van der Waals surface area contributed by atoms with Gasteiger partial charge in [0.05, 0.1) is 11.2 Å². The number of thioether (sulfide) groups is 1. The molecular formula is C12H15NOS. The fraction of sp³-hybridized carbons (Fsp3) is 0.500. The molecule has 2 heterocycles. The molecule has 0 aliphatic carbocycles. The first-order valence-electron chi connectivity index (χ1n) is 5.28. The summed E-state index contributed by atoms with van der Waals surface area (Å²) in [6, 6.07) is 5.72. The lowest BCUT2D eigenvalue weighted by Gasteiger charge is -2.20. The molecule has 1 fully saturated rings. The monoisotopic (exact) mass is 221 g/mol. The third kappa shape index (κ3) is 2.40. The van der Waals surface area contributed by atoms with Crippen molar-refractivity contribution in [2.75, 3.05) is 5.75 Å². The van der Waals surface area contributed by atoms with E-state index in [1.807, 2.05) is 18.2 Å². The molecule has 0 spiro atoms. The number of aromatic nitrogens is 1. The second-order valence-electron chi connectivity index (χ2n) is 4.10. The Morgan fingerprint density at radius 1 is 1.60 bits per heavy atom. The summed E-state index contributed by atoms with van der Waals surface area (Å²) in [6.07, 6.45) is 4.40. The SMILES string of the molecule is CC1(C(=O)Cc2ccccn2)CCCS1. The lowest BCUT2D eigenvalue weighted by molar-refractivity contribution is -0.120. The Kier molecular flexibility index (Phi) is 3.10. The van der Waals surface area contributed by atoms with Crippen LogP contribution in [0.15, 0.2) is 24.4 Å². The minimum atomic E-state index is -0.155. The van der Waals surface area contributed by atoms with Gasteiger partial charge in [0, 0.05) is 11.9 Å². The van der Waals surface area contributed by atoms with E-state index in [1.54, 1.807) is 18.0 Å². The van der Waals surface area contributed by atoms with Gasteiger partial charge in [0.2, 0.25) is 0 Å².